The van der Waals surface area contributed by atoms with E-state index in [0.29, 0.717) is 0 Å². The average molecular weight is 506 g/mol. The number of fused-ring (bicyclic) bond motifs is 1. The van der Waals surface area contributed by atoms with E-state index in [-0.39, 0.29) is 17.5 Å². The van der Waals surface area contributed by atoms with Gasteiger partial charge in [0.25, 0.3) is 0 Å². The van der Waals surface area contributed by atoms with Gasteiger partial charge in [-0.2, -0.15) is 0 Å². The van der Waals surface area contributed by atoms with Crippen LogP contribution in [0.1, 0.15) is 51.9 Å². The molecule has 144 valence electrons. The second-order valence-electron chi connectivity index (χ2n) is 7.41. The number of hydrogen-bond acceptors (Lipinski definition) is 4. The van der Waals surface area contributed by atoms with Crippen LogP contribution in [0.15, 0.2) is 26.0 Å². The van der Waals surface area contributed by atoms with E-state index in [1.807, 2.05) is 12.1 Å². The van der Waals surface area contributed by atoms with Crippen LogP contribution >= 0.6 is 43.8 Å². The van der Waals surface area contributed by atoms with Crippen LogP contribution in [0.3, 0.4) is 0 Å². The topological polar surface area (TPSA) is 50.4 Å². The van der Waals surface area contributed by atoms with Gasteiger partial charge in [0, 0.05) is 14.9 Å². The largest absolute Gasteiger partial charge is 0.496 e. The first-order valence-corrected chi connectivity index (χ1v) is 11.6. The Morgan fingerprint density at radius 3 is 2.77 bits per heavy atom. The fourth-order valence-corrected chi connectivity index (χ4v) is 6.19. The van der Waals surface area contributed by atoms with Crippen LogP contribution in [0.2, 0.25) is 0 Å². The lowest BCUT2D eigenvalue weighted by atomic mass is 9.77. The number of halogens is 2. The van der Waals surface area contributed by atoms with E-state index >= 15 is 0 Å². The second kappa shape index (κ2) is 8.84. The van der Waals surface area contributed by atoms with Crippen LogP contribution in [-0.2, 0) is 4.79 Å². The number of ether oxygens (including phenoxy) is 1. The van der Waals surface area contributed by atoms with Gasteiger partial charge in [-0.3, -0.25) is 4.79 Å². The van der Waals surface area contributed by atoms with Crippen molar-refractivity contribution in [2.45, 2.75) is 68.3 Å². The Bertz CT molecular complexity index is 660. The molecule has 7 heteroatoms. The number of unbranched alkanes of at least 4 members (excludes halogenated alkanes) is 1. The van der Waals surface area contributed by atoms with Crippen molar-refractivity contribution >= 4 is 49.7 Å². The van der Waals surface area contributed by atoms with Gasteiger partial charge in [0.2, 0.25) is 5.91 Å². The van der Waals surface area contributed by atoms with Crippen LogP contribution in [0.5, 0.6) is 5.75 Å². The number of carbonyl (C=O) groups excluding carboxylic acids is 1. The highest BCUT2D eigenvalue weighted by molar-refractivity contribution is 9.11. The van der Waals surface area contributed by atoms with E-state index in [0.717, 1.165) is 51.2 Å². The molecule has 0 spiro atoms. The molecule has 1 amide bonds. The van der Waals surface area contributed by atoms with Crippen molar-refractivity contribution in [1.82, 2.24) is 10.0 Å². The van der Waals surface area contributed by atoms with Crippen molar-refractivity contribution in [3.05, 3.63) is 21.1 Å². The third-order valence-electron chi connectivity index (χ3n) is 5.46. The first-order valence-electron chi connectivity index (χ1n) is 9.24. The zero-order chi connectivity index (χ0) is 18.7. The lowest BCUT2D eigenvalue weighted by molar-refractivity contribution is -0.125. The van der Waals surface area contributed by atoms with Gasteiger partial charge in [-0.25, -0.2) is 4.72 Å². The van der Waals surface area contributed by atoms with Gasteiger partial charge in [-0.05, 0) is 94.0 Å². The number of nitrogens with one attached hydrogen (secondary N) is 2. The van der Waals surface area contributed by atoms with Crippen molar-refractivity contribution in [3.8, 4) is 5.75 Å². The van der Waals surface area contributed by atoms with Crippen molar-refractivity contribution < 1.29 is 9.53 Å². The Morgan fingerprint density at radius 2 is 2.15 bits per heavy atom. The minimum Gasteiger partial charge on any atom is -0.496 e. The number of hydrogen-bond donors (Lipinski definition) is 2. The molecule has 3 saturated carbocycles. The molecule has 1 unspecified atom stereocenters. The van der Waals surface area contributed by atoms with Crippen LogP contribution in [0, 0.1) is 5.92 Å². The van der Waals surface area contributed by atoms with Gasteiger partial charge in [0.05, 0.1) is 17.6 Å². The minimum atomic E-state index is -0.185. The van der Waals surface area contributed by atoms with Crippen LogP contribution in [0.25, 0.3) is 0 Å². The molecule has 0 aliphatic heterocycles. The van der Waals surface area contributed by atoms with E-state index in [1.54, 1.807) is 7.11 Å². The third-order valence-corrected chi connectivity index (χ3v) is 7.96. The Balaban J connectivity index is 1.63. The molecule has 3 fully saturated rings. The summed E-state index contributed by atoms with van der Waals surface area (Å²) in [4.78, 5) is 13.9. The highest BCUT2D eigenvalue weighted by atomic mass is 79.9. The van der Waals surface area contributed by atoms with Crippen LogP contribution in [0.4, 0.5) is 0 Å². The fraction of sp³-hybridized carbons (Fsp3) is 0.632. The molecular weight excluding hydrogens is 480 g/mol. The summed E-state index contributed by atoms with van der Waals surface area (Å²) < 4.78 is 10.6. The van der Waals surface area contributed by atoms with Crippen molar-refractivity contribution in [1.29, 1.82) is 0 Å². The van der Waals surface area contributed by atoms with E-state index in [2.05, 4.69) is 48.8 Å². The van der Waals surface area contributed by atoms with Gasteiger partial charge in [0.1, 0.15) is 5.75 Å². The number of amides is 1. The molecular formula is C19H26Br2N2O2S. The highest BCUT2D eigenvalue weighted by Crippen LogP contribution is 2.51. The summed E-state index contributed by atoms with van der Waals surface area (Å²) in [6.07, 6.45) is 7.72. The predicted molar refractivity (Wildman–Crippen MR) is 114 cm³/mol. The summed E-state index contributed by atoms with van der Waals surface area (Å²) in [5.41, 5.74) is 0.0972. The predicted octanol–water partition coefficient (Wildman–Crippen LogP) is 5.43. The third kappa shape index (κ3) is 4.59. The molecule has 1 atom stereocenters. The van der Waals surface area contributed by atoms with E-state index < -0.39 is 0 Å². The molecule has 1 aromatic rings. The van der Waals surface area contributed by atoms with E-state index in [9.17, 15) is 4.79 Å². The lowest BCUT2D eigenvalue weighted by Gasteiger charge is -2.40. The SMILES string of the molecule is CCCCC(NSc1cc(OC)c(Br)cc1Br)C(=O)NC12CCC(C1)C2. The van der Waals surface area contributed by atoms with E-state index in [1.165, 1.54) is 31.2 Å². The van der Waals surface area contributed by atoms with Crippen LogP contribution < -0.4 is 14.8 Å². The first-order chi connectivity index (χ1) is 12.5. The summed E-state index contributed by atoms with van der Waals surface area (Å²) in [6.45, 7) is 2.16. The molecule has 26 heavy (non-hydrogen) atoms. The van der Waals surface area contributed by atoms with Gasteiger partial charge in [-0.1, -0.05) is 19.8 Å². The summed E-state index contributed by atoms with van der Waals surface area (Å²) in [7, 11) is 1.65. The average Bonchev–Trinajstić information content (AvgIpc) is 3.16. The van der Waals surface area contributed by atoms with Crippen LogP contribution in [-0.4, -0.2) is 24.6 Å². The summed E-state index contributed by atoms with van der Waals surface area (Å²) in [5.74, 6) is 1.77. The zero-order valence-corrected chi connectivity index (χ0v) is 19.2. The Labute approximate surface area is 177 Å². The smallest absolute Gasteiger partial charge is 0.238 e. The Kier molecular flexibility index (Phi) is 6.97. The maximum absolute atomic E-state index is 12.9. The second-order valence-corrected chi connectivity index (χ2v) is 10.0. The molecule has 0 saturated heterocycles. The van der Waals surface area contributed by atoms with E-state index in [4.69, 9.17) is 4.74 Å². The molecule has 0 aromatic heterocycles. The molecule has 0 radical (unpaired) electrons. The summed E-state index contributed by atoms with van der Waals surface area (Å²) >= 11 is 8.56. The normalized spacial score (nSPS) is 24.8. The quantitative estimate of drug-likeness (QED) is 0.439. The molecule has 3 aliphatic carbocycles. The van der Waals surface area contributed by atoms with Crippen molar-refractivity contribution in [2.24, 2.45) is 5.92 Å². The zero-order valence-electron chi connectivity index (χ0n) is 15.2. The number of rotatable bonds is 9. The van der Waals surface area contributed by atoms with Gasteiger partial charge < -0.3 is 10.1 Å². The fourth-order valence-electron chi connectivity index (χ4n) is 3.98. The maximum atomic E-state index is 12.9. The van der Waals surface area contributed by atoms with Crippen molar-refractivity contribution in [3.63, 3.8) is 0 Å². The molecule has 2 N–H and O–H groups in total. The van der Waals surface area contributed by atoms with Gasteiger partial charge >= 0.3 is 0 Å². The molecule has 4 nitrogen and oxygen atoms in total. The summed E-state index contributed by atoms with van der Waals surface area (Å²) in [5, 5.41) is 3.35. The molecule has 3 aliphatic rings. The molecule has 1 aromatic carbocycles. The van der Waals surface area contributed by atoms with Gasteiger partial charge in [-0.15, -0.1) is 0 Å². The molecule has 0 heterocycles. The highest BCUT2D eigenvalue weighted by Gasteiger charge is 2.51. The standard InChI is InChI=1S/C19H26Br2N2O2S/c1-3-4-5-15(18(24)22-19-7-6-12(10-19)11-19)23-26-17-9-16(25-2)13(20)8-14(17)21/h8-9,12,15,23H,3-7,10-11H2,1-2H3,(H,22,24). The number of carbonyl (C=O) groups is 1. The van der Waals surface area contributed by atoms with Crippen molar-refractivity contribution in [2.75, 3.05) is 7.11 Å². The monoisotopic (exact) mass is 504 g/mol. The first kappa shape index (κ1) is 20.5. The van der Waals surface area contributed by atoms with Gasteiger partial charge in [0.15, 0.2) is 0 Å². The number of methoxy groups -OCH3 is 1. The Hall–Kier alpha value is -0.240. The number of benzene rings is 1. The lowest BCUT2D eigenvalue weighted by Crippen LogP contribution is -2.56. The maximum Gasteiger partial charge on any atom is 0.238 e. The molecule has 2 bridgehead atoms. The minimum absolute atomic E-state index is 0.0972. The molecule has 4 rings (SSSR count). The summed E-state index contributed by atoms with van der Waals surface area (Å²) in [6, 6.07) is 3.75. The Morgan fingerprint density at radius 1 is 1.38 bits per heavy atom.